The lowest BCUT2D eigenvalue weighted by Crippen LogP contribution is -2.24. The molecule has 1 aromatic carbocycles. The van der Waals surface area contributed by atoms with Crippen molar-refractivity contribution in [3.8, 4) is 0 Å². The van der Waals surface area contributed by atoms with E-state index in [1.54, 1.807) is 0 Å². The lowest BCUT2D eigenvalue weighted by Gasteiger charge is -2.14. The van der Waals surface area contributed by atoms with E-state index in [1.165, 1.54) is 0 Å². The monoisotopic (exact) mass is 301 g/mol. The van der Waals surface area contributed by atoms with Crippen molar-refractivity contribution in [2.75, 3.05) is 0 Å². The molecule has 1 heterocycles. The fourth-order valence-electron chi connectivity index (χ4n) is 2.35. The van der Waals surface area contributed by atoms with Gasteiger partial charge >= 0.3 is 5.97 Å². The van der Waals surface area contributed by atoms with Crippen molar-refractivity contribution in [2.24, 2.45) is 0 Å². The summed E-state index contributed by atoms with van der Waals surface area (Å²) in [4.78, 5) is 22.9. The molecular formula is C13H7F4NO3. The third-order valence-electron chi connectivity index (χ3n) is 3.44. The Morgan fingerprint density at radius 3 is 2.48 bits per heavy atom. The number of hydrogen-bond acceptors (Lipinski definition) is 2. The zero-order valence-corrected chi connectivity index (χ0v) is 10.2. The van der Waals surface area contributed by atoms with Crippen LogP contribution in [0.5, 0.6) is 0 Å². The molecule has 1 atom stereocenters. The lowest BCUT2D eigenvalue weighted by atomic mass is 10.1. The normalized spacial score (nSPS) is 19.7. The number of carbonyl (C=O) groups is 1. The molecule has 1 aliphatic rings. The van der Waals surface area contributed by atoms with Crippen LogP contribution in [0.15, 0.2) is 23.0 Å². The number of halogens is 4. The minimum Gasteiger partial charge on any atom is -0.477 e. The van der Waals surface area contributed by atoms with Gasteiger partial charge in [0.25, 0.3) is 5.92 Å². The molecule has 0 bridgehead atoms. The van der Waals surface area contributed by atoms with Crippen LogP contribution in [0.25, 0.3) is 10.9 Å². The topological polar surface area (TPSA) is 59.3 Å². The highest BCUT2D eigenvalue weighted by atomic mass is 19.3. The highest BCUT2D eigenvalue weighted by Crippen LogP contribution is 2.53. The maximum absolute atomic E-state index is 14.2. The van der Waals surface area contributed by atoms with Gasteiger partial charge in [0.05, 0.1) is 10.9 Å². The summed E-state index contributed by atoms with van der Waals surface area (Å²) in [5.41, 5.74) is -3.09. The van der Waals surface area contributed by atoms with Crippen molar-refractivity contribution in [3.05, 3.63) is 45.8 Å². The summed E-state index contributed by atoms with van der Waals surface area (Å²) in [5, 5.41) is 8.18. The van der Waals surface area contributed by atoms with Crippen molar-refractivity contribution in [1.29, 1.82) is 0 Å². The van der Waals surface area contributed by atoms with E-state index in [-0.39, 0.29) is 5.52 Å². The first kappa shape index (κ1) is 13.6. The number of hydrogen-bond donors (Lipinski definition) is 1. The predicted molar refractivity (Wildman–Crippen MR) is 63.7 cm³/mol. The summed E-state index contributed by atoms with van der Waals surface area (Å²) >= 11 is 0. The summed E-state index contributed by atoms with van der Waals surface area (Å²) in [5.74, 6) is -7.82. The Kier molecular flexibility index (Phi) is 2.63. The minimum atomic E-state index is -3.22. The van der Waals surface area contributed by atoms with Crippen molar-refractivity contribution in [3.63, 3.8) is 0 Å². The van der Waals surface area contributed by atoms with E-state index in [0.717, 1.165) is 18.2 Å². The molecule has 21 heavy (non-hydrogen) atoms. The van der Waals surface area contributed by atoms with Gasteiger partial charge in [0.1, 0.15) is 11.9 Å². The highest BCUT2D eigenvalue weighted by molar-refractivity contribution is 5.93. The van der Waals surface area contributed by atoms with Gasteiger partial charge < -0.3 is 9.67 Å². The molecule has 1 aliphatic carbocycles. The van der Waals surface area contributed by atoms with E-state index in [2.05, 4.69) is 0 Å². The van der Waals surface area contributed by atoms with Crippen molar-refractivity contribution in [1.82, 2.24) is 4.57 Å². The molecule has 3 rings (SSSR count). The molecule has 1 unspecified atom stereocenters. The van der Waals surface area contributed by atoms with Gasteiger partial charge in [-0.05, 0) is 12.1 Å². The molecule has 4 nitrogen and oxygen atoms in total. The van der Waals surface area contributed by atoms with Crippen LogP contribution in [0.2, 0.25) is 0 Å². The fraction of sp³-hybridized carbons (Fsp3) is 0.231. The van der Waals surface area contributed by atoms with Crippen LogP contribution < -0.4 is 5.43 Å². The van der Waals surface area contributed by atoms with Gasteiger partial charge in [-0.25, -0.2) is 18.0 Å². The van der Waals surface area contributed by atoms with Crippen LogP contribution in [-0.4, -0.2) is 21.6 Å². The Balaban J connectivity index is 2.49. The zero-order chi connectivity index (χ0) is 15.5. The molecule has 0 saturated heterocycles. The number of aromatic nitrogens is 1. The van der Waals surface area contributed by atoms with Gasteiger partial charge in [-0.2, -0.15) is 4.39 Å². The number of rotatable bonds is 2. The van der Waals surface area contributed by atoms with Gasteiger partial charge in [-0.15, -0.1) is 0 Å². The molecule has 0 spiro atoms. The standard InChI is InChI=1S/C13H7F4NO3/c14-5-2-1-3-6-8(5)10(19)9(12(20)21)11(15)18(6)7-4-13(7,16)17/h1-3,7H,4H2,(H,20,21). The third kappa shape index (κ3) is 1.82. The van der Waals surface area contributed by atoms with Gasteiger partial charge in [0, 0.05) is 6.42 Å². The molecule has 1 saturated carbocycles. The van der Waals surface area contributed by atoms with Crippen molar-refractivity contribution >= 4 is 16.9 Å². The summed E-state index contributed by atoms with van der Waals surface area (Å²) in [6.45, 7) is 0. The van der Waals surface area contributed by atoms with Gasteiger partial charge in [0.15, 0.2) is 5.56 Å². The smallest absolute Gasteiger partial charge is 0.344 e. The second kappa shape index (κ2) is 4.06. The van der Waals surface area contributed by atoms with Crippen molar-refractivity contribution in [2.45, 2.75) is 18.4 Å². The molecule has 0 radical (unpaired) electrons. The maximum atomic E-state index is 14.2. The Morgan fingerprint density at radius 1 is 1.33 bits per heavy atom. The van der Waals surface area contributed by atoms with Crippen LogP contribution in [0.1, 0.15) is 22.8 Å². The number of aromatic carboxylic acids is 1. The molecular weight excluding hydrogens is 294 g/mol. The number of nitrogens with zero attached hydrogens (tertiary/aromatic N) is 1. The molecule has 0 aliphatic heterocycles. The molecule has 110 valence electrons. The Morgan fingerprint density at radius 2 is 1.95 bits per heavy atom. The first-order valence-corrected chi connectivity index (χ1v) is 5.89. The largest absolute Gasteiger partial charge is 0.477 e. The zero-order valence-electron chi connectivity index (χ0n) is 10.2. The third-order valence-corrected chi connectivity index (χ3v) is 3.44. The Labute approximate surface area is 114 Å². The molecule has 1 aromatic heterocycles. The Hall–Kier alpha value is -2.38. The fourth-order valence-corrected chi connectivity index (χ4v) is 2.35. The van der Waals surface area contributed by atoms with E-state index in [9.17, 15) is 27.2 Å². The van der Waals surface area contributed by atoms with Gasteiger partial charge in [0.2, 0.25) is 11.4 Å². The summed E-state index contributed by atoms with van der Waals surface area (Å²) in [6, 6.07) is 1.49. The summed E-state index contributed by atoms with van der Waals surface area (Å²) < 4.78 is 54.8. The number of fused-ring (bicyclic) bond motifs is 1. The number of carboxylic acids is 1. The predicted octanol–water partition coefficient (Wildman–Crippen LogP) is 2.56. The quantitative estimate of drug-likeness (QED) is 0.685. The van der Waals surface area contributed by atoms with E-state index in [1.807, 2.05) is 0 Å². The highest BCUT2D eigenvalue weighted by Gasteiger charge is 2.59. The number of benzene rings is 1. The Bertz CT molecular complexity index is 843. The van der Waals surface area contributed by atoms with Crippen LogP contribution >= 0.6 is 0 Å². The van der Waals surface area contributed by atoms with Crippen LogP contribution in [0, 0.1) is 11.8 Å². The molecule has 1 fully saturated rings. The molecule has 1 N–H and O–H groups in total. The number of carboxylic acid groups (broad SMARTS) is 1. The number of pyridine rings is 1. The van der Waals surface area contributed by atoms with Gasteiger partial charge in [-0.3, -0.25) is 4.79 Å². The first-order chi connectivity index (χ1) is 9.75. The average Bonchev–Trinajstić information content (AvgIpc) is 2.97. The van der Waals surface area contributed by atoms with E-state index >= 15 is 0 Å². The lowest BCUT2D eigenvalue weighted by molar-refractivity contribution is 0.0684. The molecule has 8 heteroatoms. The van der Waals surface area contributed by atoms with Gasteiger partial charge in [-0.1, -0.05) is 6.07 Å². The minimum absolute atomic E-state index is 0.385. The van der Waals surface area contributed by atoms with E-state index < -0.39 is 52.5 Å². The number of alkyl halides is 2. The van der Waals surface area contributed by atoms with E-state index in [0.29, 0.717) is 4.57 Å². The van der Waals surface area contributed by atoms with Crippen molar-refractivity contribution < 1.29 is 27.5 Å². The molecule has 2 aromatic rings. The van der Waals surface area contributed by atoms with Crippen LogP contribution in [-0.2, 0) is 0 Å². The van der Waals surface area contributed by atoms with E-state index in [4.69, 9.17) is 5.11 Å². The molecule has 0 amide bonds. The first-order valence-electron chi connectivity index (χ1n) is 5.89. The second-order valence-corrected chi connectivity index (χ2v) is 4.79. The van der Waals surface area contributed by atoms with Crippen LogP contribution in [0.3, 0.4) is 0 Å². The van der Waals surface area contributed by atoms with Crippen LogP contribution in [0.4, 0.5) is 17.6 Å². The SMILES string of the molecule is O=C(O)c1c(F)n(C2CC2(F)F)c2cccc(F)c2c1=O. The summed E-state index contributed by atoms with van der Waals surface area (Å²) in [6.07, 6.45) is -0.697. The average molecular weight is 301 g/mol. The second-order valence-electron chi connectivity index (χ2n) is 4.79. The summed E-state index contributed by atoms with van der Waals surface area (Å²) in [7, 11) is 0. The maximum Gasteiger partial charge on any atom is 0.344 e.